The maximum Gasteiger partial charge on any atom is 0.307 e. The minimum Gasteiger partial charge on any atom is -0.481 e. The maximum absolute atomic E-state index is 12.4. The fraction of sp³-hybridized carbons (Fsp3) is 0.0714. The number of hydrogen-bond acceptors (Lipinski definition) is 3. The van der Waals surface area contributed by atoms with Crippen LogP contribution in [0.3, 0.4) is 0 Å². The van der Waals surface area contributed by atoms with Crippen LogP contribution in [0, 0.1) is 0 Å². The molecule has 0 bridgehead atoms. The highest BCUT2D eigenvalue weighted by Gasteiger charge is 2.22. The van der Waals surface area contributed by atoms with E-state index in [1.165, 1.54) is 12.4 Å². The molecule has 0 aliphatic heterocycles. The molecule has 2 heterocycles. The first-order chi connectivity index (χ1) is 10.1. The van der Waals surface area contributed by atoms with Gasteiger partial charge in [0, 0.05) is 33.9 Å². The lowest BCUT2D eigenvalue weighted by atomic mass is 10.1. The Balaban J connectivity index is 2.20. The molecule has 106 valence electrons. The molecule has 21 heavy (non-hydrogen) atoms. The number of hydrogen-bond donors (Lipinski definition) is 3. The van der Waals surface area contributed by atoms with Crippen LogP contribution >= 0.6 is 11.6 Å². The topological polar surface area (TPSA) is 98.8 Å². The van der Waals surface area contributed by atoms with E-state index in [0.717, 1.165) is 0 Å². The smallest absolute Gasteiger partial charge is 0.307 e. The van der Waals surface area contributed by atoms with Gasteiger partial charge in [0.25, 0.3) is 0 Å². The third-order valence-electron chi connectivity index (χ3n) is 3.14. The number of aromatic amines is 2. The molecule has 2 aromatic heterocycles. The van der Waals surface area contributed by atoms with E-state index < -0.39 is 5.97 Å². The molecule has 0 fully saturated rings. The first-order valence-corrected chi connectivity index (χ1v) is 6.50. The van der Waals surface area contributed by atoms with Crippen molar-refractivity contribution >= 4 is 34.3 Å². The lowest BCUT2D eigenvalue weighted by molar-refractivity contribution is -0.136. The van der Waals surface area contributed by atoms with E-state index >= 15 is 0 Å². The Hall–Kier alpha value is -2.60. The van der Waals surface area contributed by atoms with Crippen molar-refractivity contribution in [1.29, 1.82) is 0 Å². The molecule has 0 saturated heterocycles. The SMILES string of the molecule is O=C(O)Cc1c(C(=O)c2ncc[nH]2)[nH]c2cc(Cl)ccc12. The second-order valence-electron chi connectivity index (χ2n) is 4.51. The molecule has 6 nitrogen and oxygen atoms in total. The van der Waals surface area contributed by atoms with E-state index in [1.54, 1.807) is 18.2 Å². The number of carbonyl (C=O) groups excluding carboxylic acids is 1. The molecule has 0 radical (unpaired) electrons. The van der Waals surface area contributed by atoms with Crippen molar-refractivity contribution in [2.24, 2.45) is 0 Å². The van der Waals surface area contributed by atoms with Gasteiger partial charge in [-0.15, -0.1) is 0 Å². The van der Waals surface area contributed by atoms with E-state index in [1.807, 2.05) is 0 Å². The summed E-state index contributed by atoms with van der Waals surface area (Å²) in [6.45, 7) is 0. The second-order valence-corrected chi connectivity index (χ2v) is 4.94. The largest absolute Gasteiger partial charge is 0.481 e. The number of halogens is 1. The van der Waals surface area contributed by atoms with Crippen LogP contribution < -0.4 is 0 Å². The van der Waals surface area contributed by atoms with Gasteiger partial charge in [-0.25, -0.2) is 4.98 Å². The molecule has 0 aliphatic rings. The van der Waals surface area contributed by atoms with Gasteiger partial charge in [-0.05, 0) is 12.1 Å². The van der Waals surface area contributed by atoms with Crippen molar-refractivity contribution in [3.8, 4) is 0 Å². The highest BCUT2D eigenvalue weighted by molar-refractivity contribution is 6.31. The predicted molar refractivity (Wildman–Crippen MR) is 76.7 cm³/mol. The van der Waals surface area contributed by atoms with Crippen molar-refractivity contribution in [3.05, 3.63) is 52.7 Å². The zero-order valence-corrected chi connectivity index (χ0v) is 11.4. The molecule has 0 aliphatic carbocycles. The van der Waals surface area contributed by atoms with Gasteiger partial charge in [-0.2, -0.15) is 0 Å². The van der Waals surface area contributed by atoms with Gasteiger partial charge in [0.1, 0.15) is 0 Å². The van der Waals surface area contributed by atoms with E-state index in [0.29, 0.717) is 21.5 Å². The molecular weight excluding hydrogens is 294 g/mol. The van der Waals surface area contributed by atoms with E-state index in [2.05, 4.69) is 15.0 Å². The van der Waals surface area contributed by atoms with E-state index in [-0.39, 0.29) is 23.7 Å². The van der Waals surface area contributed by atoms with Crippen molar-refractivity contribution in [3.63, 3.8) is 0 Å². The summed E-state index contributed by atoms with van der Waals surface area (Å²) >= 11 is 5.93. The zero-order valence-electron chi connectivity index (χ0n) is 10.7. The van der Waals surface area contributed by atoms with Gasteiger partial charge < -0.3 is 15.1 Å². The number of H-pyrrole nitrogens is 2. The molecule has 0 atom stereocenters. The van der Waals surface area contributed by atoms with Gasteiger partial charge >= 0.3 is 5.97 Å². The Labute approximate surface area is 123 Å². The van der Waals surface area contributed by atoms with E-state index in [9.17, 15) is 9.59 Å². The zero-order chi connectivity index (χ0) is 15.0. The number of fused-ring (bicyclic) bond motifs is 1. The van der Waals surface area contributed by atoms with Crippen LogP contribution in [-0.2, 0) is 11.2 Å². The molecule has 0 spiro atoms. The quantitative estimate of drug-likeness (QED) is 0.644. The summed E-state index contributed by atoms with van der Waals surface area (Å²) in [6, 6.07) is 5.01. The molecule has 1 aromatic carbocycles. The Morgan fingerprint density at radius 3 is 2.81 bits per heavy atom. The van der Waals surface area contributed by atoms with Crippen molar-refractivity contribution in [1.82, 2.24) is 15.0 Å². The number of imidazole rings is 1. The number of carbonyl (C=O) groups is 2. The average Bonchev–Trinajstić information content (AvgIpc) is 3.05. The summed E-state index contributed by atoms with van der Waals surface area (Å²) in [5.41, 5.74) is 1.26. The van der Waals surface area contributed by atoms with Gasteiger partial charge in [0.05, 0.1) is 12.1 Å². The van der Waals surface area contributed by atoms with Crippen LogP contribution in [-0.4, -0.2) is 31.8 Å². The van der Waals surface area contributed by atoms with Crippen LogP contribution in [0.2, 0.25) is 5.02 Å². The molecule has 0 amide bonds. The van der Waals surface area contributed by atoms with Crippen LogP contribution in [0.1, 0.15) is 21.9 Å². The fourth-order valence-electron chi connectivity index (χ4n) is 2.26. The molecular formula is C14H10ClN3O3. The molecule has 7 heteroatoms. The molecule has 3 aromatic rings. The number of aliphatic carboxylic acids is 1. The van der Waals surface area contributed by atoms with Crippen molar-refractivity contribution in [2.75, 3.05) is 0 Å². The van der Waals surface area contributed by atoms with Gasteiger partial charge in [-0.3, -0.25) is 9.59 Å². The number of ketones is 1. The molecule has 3 N–H and O–H groups in total. The first-order valence-electron chi connectivity index (χ1n) is 6.12. The standard InChI is InChI=1S/C14H10ClN3O3/c15-7-1-2-8-9(6-11(19)20)12(18-10(8)5-7)13(21)14-16-3-4-17-14/h1-5,18H,6H2,(H,16,17)(H,19,20). The summed E-state index contributed by atoms with van der Waals surface area (Å²) in [6.07, 6.45) is 2.73. The Kier molecular flexibility index (Phi) is 3.23. The lowest BCUT2D eigenvalue weighted by Gasteiger charge is -2.00. The lowest BCUT2D eigenvalue weighted by Crippen LogP contribution is -2.10. The van der Waals surface area contributed by atoms with Crippen LogP contribution in [0.15, 0.2) is 30.6 Å². The summed E-state index contributed by atoms with van der Waals surface area (Å²) in [5.74, 6) is -1.25. The minimum absolute atomic E-state index is 0.152. The number of carboxylic acid groups (broad SMARTS) is 1. The third-order valence-corrected chi connectivity index (χ3v) is 3.37. The minimum atomic E-state index is -1.01. The van der Waals surface area contributed by atoms with Crippen LogP contribution in [0.5, 0.6) is 0 Å². The van der Waals surface area contributed by atoms with Gasteiger partial charge in [-0.1, -0.05) is 17.7 Å². The van der Waals surface area contributed by atoms with Gasteiger partial charge in [0.15, 0.2) is 5.82 Å². The highest BCUT2D eigenvalue weighted by Crippen LogP contribution is 2.27. The summed E-state index contributed by atoms with van der Waals surface area (Å²) in [7, 11) is 0. The van der Waals surface area contributed by atoms with Crippen LogP contribution in [0.25, 0.3) is 10.9 Å². The van der Waals surface area contributed by atoms with Crippen molar-refractivity contribution in [2.45, 2.75) is 6.42 Å². The fourth-order valence-corrected chi connectivity index (χ4v) is 2.44. The number of nitrogens with one attached hydrogen (secondary N) is 2. The predicted octanol–water partition coefficient (Wildman–Crippen LogP) is 2.40. The molecule has 0 unspecified atom stereocenters. The maximum atomic E-state index is 12.4. The number of aromatic nitrogens is 3. The molecule has 3 rings (SSSR count). The van der Waals surface area contributed by atoms with Gasteiger partial charge in [0.2, 0.25) is 5.78 Å². The summed E-state index contributed by atoms with van der Waals surface area (Å²) < 4.78 is 0. The second kappa shape index (κ2) is 5.06. The summed E-state index contributed by atoms with van der Waals surface area (Å²) in [5, 5.41) is 10.2. The number of nitrogens with zero attached hydrogens (tertiary/aromatic N) is 1. The number of rotatable bonds is 4. The first kappa shape index (κ1) is 13.4. The highest BCUT2D eigenvalue weighted by atomic mass is 35.5. The Bertz CT molecular complexity index is 837. The normalized spacial score (nSPS) is 10.9. The van der Waals surface area contributed by atoms with Crippen molar-refractivity contribution < 1.29 is 14.7 Å². The number of carboxylic acids is 1. The molecule has 0 saturated carbocycles. The average molecular weight is 304 g/mol. The Morgan fingerprint density at radius 1 is 1.33 bits per heavy atom. The summed E-state index contributed by atoms with van der Waals surface area (Å²) in [4.78, 5) is 33.0. The van der Waals surface area contributed by atoms with E-state index in [4.69, 9.17) is 16.7 Å². The van der Waals surface area contributed by atoms with Crippen LogP contribution in [0.4, 0.5) is 0 Å². The Morgan fingerprint density at radius 2 is 2.14 bits per heavy atom. The monoisotopic (exact) mass is 303 g/mol. The third kappa shape index (κ3) is 2.41. The number of benzene rings is 1.